The van der Waals surface area contributed by atoms with E-state index in [2.05, 4.69) is 5.32 Å². The normalized spacial score (nSPS) is 23.5. The molecule has 5 nitrogen and oxygen atoms in total. The van der Waals surface area contributed by atoms with Crippen LogP contribution >= 0.6 is 0 Å². The molecule has 0 aromatic rings. The first kappa shape index (κ1) is 13.3. The van der Waals surface area contributed by atoms with Crippen LogP contribution in [-0.2, 0) is 14.3 Å². The lowest BCUT2D eigenvalue weighted by Crippen LogP contribution is -2.50. The minimum absolute atomic E-state index is 0.0743. The Labute approximate surface area is 108 Å². The third kappa shape index (κ3) is 3.45. The first-order valence-electron chi connectivity index (χ1n) is 6.92. The van der Waals surface area contributed by atoms with Gasteiger partial charge in [-0.25, -0.2) is 0 Å². The van der Waals surface area contributed by atoms with Crippen molar-refractivity contribution in [3.63, 3.8) is 0 Å². The van der Waals surface area contributed by atoms with Gasteiger partial charge in [0, 0.05) is 6.04 Å². The number of ether oxygens (including phenoxy) is 1. The fourth-order valence-electron chi connectivity index (χ4n) is 2.38. The van der Waals surface area contributed by atoms with Crippen molar-refractivity contribution in [2.45, 2.75) is 51.1 Å². The predicted octanol–water partition coefficient (Wildman–Crippen LogP) is 0.683. The SMILES string of the molecule is CCOC(=O)CN(C(=O)C1CCCCN1)C1CC1. The quantitative estimate of drug-likeness (QED) is 0.733. The number of esters is 1. The van der Waals surface area contributed by atoms with E-state index in [0.717, 1.165) is 38.6 Å². The molecule has 0 aromatic heterocycles. The molecule has 2 fully saturated rings. The molecular formula is C13H22N2O3. The molecule has 5 heteroatoms. The second-order valence-electron chi connectivity index (χ2n) is 5.00. The van der Waals surface area contributed by atoms with Crippen LogP contribution in [-0.4, -0.2) is 48.6 Å². The van der Waals surface area contributed by atoms with Crippen molar-refractivity contribution < 1.29 is 14.3 Å². The Morgan fingerprint density at radius 1 is 1.28 bits per heavy atom. The summed E-state index contributed by atoms with van der Waals surface area (Å²) in [6, 6.07) is 0.152. The van der Waals surface area contributed by atoms with E-state index in [-0.39, 0.29) is 30.5 Å². The molecule has 2 aliphatic rings. The van der Waals surface area contributed by atoms with Crippen LogP contribution in [0.4, 0.5) is 0 Å². The van der Waals surface area contributed by atoms with Crippen LogP contribution in [0.5, 0.6) is 0 Å². The summed E-state index contributed by atoms with van der Waals surface area (Å²) in [5.41, 5.74) is 0. The Balaban J connectivity index is 1.91. The van der Waals surface area contributed by atoms with Gasteiger partial charge >= 0.3 is 5.97 Å². The Bertz CT molecular complexity index is 309. The Morgan fingerprint density at radius 2 is 2.06 bits per heavy atom. The number of nitrogens with zero attached hydrogens (tertiary/aromatic N) is 1. The molecule has 1 N–H and O–H groups in total. The lowest BCUT2D eigenvalue weighted by Gasteiger charge is -2.29. The Kier molecular flexibility index (Phi) is 4.58. The second-order valence-corrected chi connectivity index (χ2v) is 5.00. The van der Waals surface area contributed by atoms with E-state index in [1.54, 1.807) is 11.8 Å². The first-order valence-corrected chi connectivity index (χ1v) is 6.92. The molecule has 0 bridgehead atoms. The van der Waals surface area contributed by atoms with Gasteiger partial charge in [0.15, 0.2) is 0 Å². The van der Waals surface area contributed by atoms with Gasteiger partial charge in [-0.15, -0.1) is 0 Å². The highest BCUT2D eigenvalue weighted by Gasteiger charge is 2.37. The van der Waals surface area contributed by atoms with Crippen LogP contribution in [0.3, 0.4) is 0 Å². The molecule has 1 aliphatic carbocycles. The lowest BCUT2D eigenvalue weighted by atomic mass is 10.0. The molecule has 1 atom stereocenters. The van der Waals surface area contributed by atoms with Crippen LogP contribution < -0.4 is 5.32 Å². The third-order valence-corrected chi connectivity index (χ3v) is 3.48. The number of rotatable bonds is 5. The fourth-order valence-corrected chi connectivity index (χ4v) is 2.38. The van der Waals surface area contributed by atoms with Gasteiger partial charge in [-0.05, 0) is 39.2 Å². The first-order chi connectivity index (χ1) is 8.72. The maximum atomic E-state index is 12.4. The number of carbonyl (C=O) groups excluding carboxylic acids is 2. The molecule has 1 saturated carbocycles. The number of piperidine rings is 1. The van der Waals surface area contributed by atoms with Crippen molar-refractivity contribution in [1.82, 2.24) is 10.2 Å². The molecule has 1 heterocycles. The maximum Gasteiger partial charge on any atom is 0.325 e. The molecule has 1 saturated heterocycles. The van der Waals surface area contributed by atoms with Gasteiger partial charge in [-0.3, -0.25) is 9.59 Å². The zero-order chi connectivity index (χ0) is 13.0. The molecule has 1 unspecified atom stereocenters. The van der Waals surface area contributed by atoms with E-state index < -0.39 is 0 Å². The number of carbonyl (C=O) groups is 2. The minimum Gasteiger partial charge on any atom is -0.465 e. The van der Waals surface area contributed by atoms with Gasteiger partial charge in [0.25, 0.3) is 0 Å². The standard InChI is InChI=1S/C13H22N2O3/c1-2-18-12(16)9-15(10-6-7-10)13(17)11-5-3-4-8-14-11/h10-11,14H,2-9H2,1H3. The van der Waals surface area contributed by atoms with Gasteiger partial charge < -0.3 is 15.0 Å². The summed E-state index contributed by atoms with van der Waals surface area (Å²) in [4.78, 5) is 25.6. The summed E-state index contributed by atoms with van der Waals surface area (Å²) < 4.78 is 4.93. The monoisotopic (exact) mass is 254 g/mol. The average molecular weight is 254 g/mol. The second kappa shape index (κ2) is 6.18. The summed E-state index contributed by atoms with van der Waals surface area (Å²) in [5, 5.41) is 3.24. The number of nitrogens with one attached hydrogen (secondary N) is 1. The minimum atomic E-state index is -0.298. The van der Waals surface area contributed by atoms with Crippen LogP contribution in [0.15, 0.2) is 0 Å². The van der Waals surface area contributed by atoms with Gasteiger partial charge in [0.1, 0.15) is 6.54 Å². The number of amides is 1. The molecule has 1 amide bonds. The van der Waals surface area contributed by atoms with E-state index in [1.165, 1.54) is 0 Å². The fraction of sp³-hybridized carbons (Fsp3) is 0.846. The van der Waals surface area contributed by atoms with Crippen LogP contribution in [0.2, 0.25) is 0 Å². The van der Waals surface area contributed by atoms with Crippen molar-refractivity contribution in [3.8, 4) is 0 Å². The van der Waals surface area contributed by atoms with Crippen molar-refractivity contribution in [3.05, 3.63) is 0 Å². The van der Waals surface area contributed by atoms with E-state index >= 15 is 0 Å². The summed E-state index contributed by atoms with van der Waals surface area (Å²) in [7, 11) is 0. The summed E-state index contributed by atoms with van der Waals surface area (Å²) >= 11 is 0. The zero-order valence-electron chi connectivity index (χ0n) is 11.0. The van der Waals surface area contributed by atoms with E-state index in [1.807, 2.05) is 0 Å². The molecule has 1 aliphatic heterocycles. The number of hydrogen-bond donors (Lipinski definition) is 1. The molecule has 0 radical (unpaired) electrons. The van der Waals surface area contributed by atoms with Crippen molar-refractivity contribution in [2.75, 3.05) is 19.7 Å². The zero-order valence-corrected chi connectivity index (χ0v) is 11.0. The largest absolute Gasteiger partial charge is 0.465 e. The summed E-state index contributed by atoms with van der Waals surface area (Å²) in [6.45, 7) is 3.15. The van der Waals surface area contributed by atoms with Crippen molar-refractivity contribution in [2.24, 2.45) is 0 Å². The smallest absolute Gasteiger partial charge is 0.325 e. The summed E-state index contributed by atoms with van der Waals surface area (Å²) in [6.07, 6.45) is 5.12. The van der Waals surface area contributed by atoms with Crippen molar-refractivity contribution >= 4 is 11.9 Å². The van der Waals surface area contributed by atoms with E-state index in [9.17, 15) is 9.59 Å². The van der Waals surface area contributed by atoms with Gasteiger partial charge in [-0.2, -0.15) is 0 Å². The molecule has 102 valence electrons. The van der Waals surface area contributed by atoms with Crippen LogP contribution in [0, 0.1) is 0 Å². The number of hydrogen-bond acceptors (Lipinski definition) is 4. The molecule has 18 heavy (non-hydrogen) atoms. The highest BCUT2D eigenvalue weighted by atomic mass is 16.5. The van der Waals surface area contributed by atoms with Crippen LogP contribution in [0.1, 0.15) is 39.0 Å². The topological polar surface area (TPSA) is 58.6 Å². The predicted molar refractivity (Wildman–Crippen MR) is 67.0 cm³/mol. The Morgan fingerprint density at radius 3 is 2.61 bits per heavy atom. The third-order valence-electron chi connectivity index (χ3n) is 3.48. The van der Waals surface area contributed by atoms with Gasteiger partial charge in [-0.1, -0.05) is 6.42 Å². The molecular weight excluding hydrogens is 232 g/mol. The molecule has 0 spiro atoms. The van der Waals surface area contributed by atoms with E-state index in [4.69, 9.17) is 4.74 Å². The molecule has 2 rings (SSSR count). The van der Waals surface area contributed by atoms with Crippen LogP contribution in [0.25, 0.3) is 0 Å². The lowest BCUT2D eigenvalue weighted by molar-refractivity contribution is -0.150. The highest BCUT2D eigenvalue weighted by Crippen LogP contribution is 2.28. The van der Waals surface area contributed by atoms with E-state index in [0.29, 0.717) is 6.61 Å². The highest BCUT2D eigenvalue weighted by molar-refractivity contribution is 5.86. The average Bonchev–Trinajstić information content (AvgIpc) is 3.21. The van der Waals surface area contributed by atoms with Gasteiger partial charge in [0.05, 0.1) is 12.6 Å². The van der Waals surface area contributed by atoms with Crippen molar-refractivity contribution in [1.29, 1.82) is 0 Å². The summed E-state index contributed by atoms with van der Waals surface area (Å²) in [5.74, 6) is -0.223. The molecule has 0 aromatic carbocycles. The Hall–Kier alpha value is -1.10. The maximum absolute atomic E-state index is 12.4. The van der Waals surface area contributed by atoms with Gasteiger partial charge in [0.2, 0.25) is 5.91 Å².